The topological polar surface area (TPSA) is 60.4 Å². The molecule has 2 aromatic rings. The van der Waals surface area contributed by atoms with Gasteiger partial charge in [-0.2, -0.15) is 0 Å². The zero-order valence-electron chi connectivity index (χ0n) is 11.7. The average molecular weight is 285 g/mol. The maximum Gasteiger partial charge on any atom is 0.255 e. The van der Waals surface area contributed by atoms with Crippen LogP contribution in [0.3, 0.4) is 0 Å². The van der Waals surface area contributed by atoms with Gasteiger partial charge in [-0.3, -0.25) is 14.4 Å². The van der Waals surface area contributed by atoms with Crippen molar-refractivity contribution < 1.29 is 4.39 Å². The number of nitrogens with zero attached hydrogens (tertiary/aromatic N) is 2. The molecule has 0 saturated carbocycles. The molecular formula is C16H16FN3O. The van der Waals surface area contributed by atoms with Crippen molar-refractivity contribution in [2.75, 3.05) is 6.54 Å². The van der Waals surface area contributed by atoms with Gasteiger partial charge in [-0.25, -0.2) is 4.39 Å². The molecule has 108 valence electrons. The van der Waals surface area contributed by atoms with Crippen molar-refractivity contribution in [1.29, 1.82) is 0 Å². The first-order valence-electron chi connectivity index (χ1n) is 6.56. The standard InChI is InChI=1S/C16H16FN3O/c1-2-19-10-15(9-18)20-11-13(5-8-16(20)21)12-3-6-14(17)7-4-12/h3-11H,2,18H2,1H3/b15-9+,19-10?. The van der Waals surface area contributed by atoms with Crippen LogP contribution in [-0.4, -0.2) is 17.3 Å². The van der Waals surface area contributed by atoms with Gasteiger partial charge in [-0.1, -0.05) is 12.1 Å². The highest BCUT2D eigenvalue weighted by Gasteiger charge is 2.04. The normalized spacial score (nSPS) is 12.0. The molecule has 0 radical (unpaired) electrons. The Kier molecular flexibility index (Phi) is 4.66. The van der Waals surface area contributed by atoms with Gasteiger partial charge in [0.25, 0.3) is 5.56 Å². The Bertz CT molecular complexity index is 730. The molecule has 0 unspecified atom stereocenters. The van der Waals surface area contributed by atoms with E-state index in [1.807, 2.05) is 6.92 Å². The molecule has 2 N–H and O–H groups in total. The highest BCUT2D eigenvalue weighted by Crippen LogP contribution is 2.18. The highest BCUT2D eigenvalue weighted by molar-refractivity contribution is 6.02. The number of aromatic nitrogens is 1. The highest BCUT2D eigenvalue weighted by atomic mass is 19.1. The van der Waals surface area contributed by atoms with Crippen LogP contribution in [0.4, 0.5) is 4.39 Å². The largest absolute Gasteiger partial charge is 0.403 e. The van der Waals surface area contributed by atoms with Crippen molar-refractivity contribution in [3.05, 3.63) is 65.0 Å². The molecule has 0 aliphatic rings. The summed E-state index contributed by atoms with van der Waals surface area (Å²) in [5, 5.41) is 0. The summed E-state index contributed by atoms with van der Waals surface area (Å²) < 4.78 is 14.4. The van der Waals surface area contributed by atoms with Crippen molar-refractivity contribution in [3.63, 3.8) is 0 Å². The Labute approximate surface area is 122 Å². The van der Waals surface area contributed by atoms with Gasteiger partial charge >= 0.3 is 0 Å². The summed E-state index contributed by atoms with van der Waals surface area (Å²) in [5.41, 5.74) is 7.45. The molecule has 4 nitrogen and oxygen atoms in total. The van der Waals surface area contributed by atoms with Crippen LogP contribution in [0.15, 0.2) is 58.6 Å². The summed E-state index contributed by atoms with van der Waals surface area (Å²) in [6, 6.07) is 9.21. The molecule has 21 heavy (non-hydrogen) atoms. The van der Waals surface area contributed by atoms with E-state index in [0.717, 1.165) is 11.1 Å². The van der Waals surface area contributed by atoms with Crippen LogP contribution in [0.1, 0.15) is 6.92 Å². The number of hydrogen-bond donors (Lipinski definition) is 1. The van der Waals surface area contributed by atoms with Crippen LogP contribution in [-0.2, 0) is 0 Å². The number of rotatable bonds is 4. The molecule has 0 amide bonds. The van der Waals surface area contributed by atoms with E-state index < -0.39 is 0 Å². The van der Waals surface area contributed by atoms with Gasteiger partial charge in [-0.15, -0.1) is 0 Å². The predicted octanol–water partition coefficient (Wildman–Crippen LogP) is 2.50. The summed E-state index contributed by atoms with van der Waals surface area (Å²) in [5.74, 6) is -0.301. The Hall–Kier alpha value is -2.69. The van der Waals surface area contributed by atoms with Crippen molar-refractivity contribution in [3.8, 4) is 11.1 Å². The maximum atomic E-state index is 13.0. The van der Waals surface area contributed by atoms with Crippen LogP contribution in [0, 0.1) is 5.82 Å². The molecule has 0 aliphatic heterocycles. The molecular weight excluding hydrogens is 269 g/mol. The fourth-order valence-corrected chi connectivity index (χ4v) is 1.87. The quantitative estimate of drug-likeness (QED) is 0.877. The lowest BCUT2D eigenvalue weighted by atomic mass is 10.1. The van der Waals surface area contributed by atoms with E-state index in [0.29, 0.717) is 12.2 Å². The van der Waals surface area contributed by atoms with Gasteiger partial charge in [0.1, 0.15) is 5.82 Å². The van der Waals surface area contributed by atoms with E-state index in [-0.39, 0.29) is 11.4 Å². The molecule has 0 aliphatic carbocycles. The van der Waals surface area contributed by atoms with Crippen LogP contribution in [0.5, 0.6) is 0 Å². The summed E-state index contributed by atoms with van der Waals surface area (Å²) in [7, 11) is 0. The molecule has 1 aromatic carbocycles. The Morgan fingerprint density at radius 1 is 1.24 bits per heavy atom. The number of allylic oxidation sites excluding steroid dienone is 1. The van der Waals surface area contributed by atoms with Gasteiger partial charge in [-0.05, 0) is 36.2 Å². The van der Waals surface area contributed by atoms with Gasteiger partial charge in [0.2, 0.25) is 0 Å². The van der Waals surface area contributed by atoms with Crippen molar-refractivity contribution in [2.24, 2.45) is 10.7 Å². The van der Waals surface area contributed by atoms with E-state index in [4.69, 9.17) is 5.73 Å². The minimum Gasteiger partial charge on any atom is -0.403 e. The number of pyridine rings is 1. The number of aliphatic imine (C=N–C) groups is 1. The molecule has 1 aromatic heterocycles. The number of halogens is 1. The van der Waals surface area contributed by atoms with E-state index >= 15 is 0 Å². The number of hydrogen-bond acceptors (Lipinski definition) is 3. The minimum absolute atomic E-state index is 0.208. The summed E-state index contributed by atoms with van der Waals surface area (Å²) in [4.78, 5) is 16.1. The smallest absolute Gasteiger partial charge is 0.255 e. The predicted molar refractivity (Wildman–Crippen MR) is 83.6 cm³/mol. The lowest BCUT2D eigenvalue weighted by Gasteiger charge is -2.08. The van der Waals surface area contributed by atoms with Crippen molar-refractivity contribution >= 4 is 11.9 Å². The Balaban J connectivity index is 2.49. The SMILES string of the molecule is CCN=C/C(=C\N)n1cc(-c2ccc(F)cc2)ccc1=O. The van der Waals surface area contributed by atoms with Crippen LogP contribution in [0.25, 0.3) is 16.8 Å². The molecule has 0 bridgehead atoms. The Morgan fingerprint density at radius 3 is 2.52 bits per heavy atom. The maximum absolute atomic E-state index is 13.0. The second kappa shape index (κ2) is 6.65. The minimum atomic E-state index is -0.301. The number of nitrogens with two attached hydrogens (primary N) is 1. The zero-order valence-corrected chi connectivity index (χ0v) is 11.7. The van der Waals surface area contributed by atoms with Gasteiger partial charge in [0.15, 0.2) is 0 Å². The average Bonchev–Trinajstić information content (AvgIpc) is 2.50. The second-order valence-electron chi connectivity index (χ2n) is 4.35. The number of benzene rings is 1. The lowest BCUT2D eigenvalue weighted by molar-refractivity contribution is 0.628. The molecule has 0 fully saturated rings. The first-order chi connectivity index (χ1) is 10.2. The van der Waals surface area contributed by atoms with E-state index in [2.05, 4.69) is 4.99 Å². The monoisotopic (exact) mass is 285 g/mol. The van der Waals surface area contributed by atoms with Gasteiger partial charge < -0.3 is 5.73 Å². The third-order valence-electron chi connectivity index (χ3n) is 2.94. The molecule has 2 rings (SSSR count). The fraction of sp³-hybridized carbons (Fsp3) is 0.125. The molecule has 0 spiro atoms. The molecule has 0 atom stereocenters. The molecule has 1 heterocycles. The van der Waals surface area contributed by atoms with Crippen LogP contribution < -0.4 is 11.3 Å². The van der Waals surface area contributed by atoms with E-state index in [9.17, 15) is 9.18 Å². The van der Waals surface area contributed by atoms with Gasteiger partial charge in [0.05, 0.1) is 5.70 Å². The first-order valence-corrected chi connectivity index (χ1v) is 6.56. The molecule has 0 saturated heterocycles. The third-order valence-corrected chi connectivity index (χ3v) is 2.94. The Morgan fingerprint density at radius 2 is 1.90 bits per heavy atom. The fourth-order valence-electron chi connectivity index (χ4n) is 1.87. The zero-order chi connectivity index (χ0) is 15.2. The summed E-state index contributed by atoms with van der Waals surface area (Å²) >= 11 is 0. The van der Waals surface area contributed by atoms with Crippen LogP contribution >= 0.6 is 0 Å². The van der Waals surface area contributed by atoms with Gasteiger partial charge in [0, 0.05) is 31.2 Å². The summed E-state index contributed by atoms with van der Waals surface area (Å²) in [6.45, 7) is 2.49. The second-order valence-corrected chi connectivity index (χ2v) is 4.35. The molecule has 5 heteroatoms. The van der Waals surface area contributed by atoms with Crippen LogP contribution in [0.2, 0.25) is 0 Å². The first kappa shape index (κ1) is 14.7. The third kappa shape index (κ3) is 3.45. The summed E-state index contributed by atoms with van der Waals surface area (Å²) in [6.07, 6.45) is 4.54. The lowest BCUT2D eigenvalue weighted by Crippen LogP contribution is -2.19. The van der Waals surface area contributed by atoms with E-state index in [1.54, 1.807) is 30.6 Å². The van der Waals surface area contributed by atoms with Crippen molar-refractivity contribution in [2.45, 2.75) is 6.92 Å². The van der Waals surface area contributed by atoms with E-state index in [1.165, 1.54) is 29.0 Å². The van der Waals surface area contributed by atoms with Crippen molar-refractivity contribution in [1.82, 2.24) is 4.57 Å².